The molecule has 1 heterocycles. The zero-order valence-electron chi connectivity index (χ0n) is 14.9. The normalized spacial score (nSPS) is 16.3. The molecule has 0 saturated carbocycles. The molecular formula is C22H22N2O2. The Kier molecular flexibility index (Phi) is 4.33. The highest BCUT2D eigenvalue weighted by Gasteiger charge is 2.26. The van der Waals surface area contributed by atoms with Crippen molar-refractivity contribution in [2.24, 2.45) is 0 Å². The number of carbonyl (C=O) groups is 1. The van der Waals surface area contributed by atoms with Crippen LogP contribution in [0.1, 0.15) is 35.6 Å². The van der Waals surface area contributed by atoms with Crippen molar-refractivity contribution >= 4 is 16.8 Å². The van der Waals surface area contributed by atoms with Crippen molar-refractivity contribution in [1.29, 1.82) is 0 Å². The molecule has 4 heteroatoms. The van der Waals surface area contributed by atoms with Gasteiger partial charge in [0.15, 0.2) is 0 Å². The van der Waals surface area contributed by atoms with E-state index in [-0.39, 0.29) is 23.9 Å². The van der Waals surface area contributed by atoms with Crippen LogP contribution in [0.4, 0.5) is 0 Å². The number of aryl methyl sites for hydroxylation is 1. The van der Waals surface area contributed by atoms with E-state index in [0.29, 0.717) is 5.56 Å². The molecule has 3 aromatic rings. The molecule has 0 aliphatic heterocycles. The minimum atomic E-state index is -0.186. The van der Waals surface area contributed by atoms with Gasteiger partial charge in [-0.15, -0.1) is 0 Å². The Morgan fingerprint density at radius 3 is 2.81 bits per heavy atom. The van der Waals surface area contributed by atoms with Crippen molar-refractivity contribution < 1.29 is 4.79 Å². The van der Waals surface area contributed by atoms with Gasteiger partial charge in [0, 0.05) is 18.1 Å². The van der Waals surface area contributed by atoms with Gasteiger partial charge in [0.2, 0.25) is 5.91 Å². The number of para-hydroxylation sites is 1. The minimum absolute atomic E-state index is 0.0208. The molecule has 1 aromatic heterocycles. The molecule has 1 aliphatic carbocycles. The molecule has 0 spiro atoms. The first-order chi connectivity index (χ1) is 12.6. The van der Waals surface area contributed by atoms with E-state index in [1.165, 1.54) is 11.1 Å². The second kappa shape index (κ2) is 6.79. The third kappa shape index (κ3) is 3.03. The zero-order valence-corrected chi connectivity index (χ0v) is 14.9. The lowest BCUT2D eigenvalue weighted by molar-refractivity contribution is -0.131. The summed E-state index contributed by atoms with van der Waals surface area (Å²) < 4.78 is 0. The summed E-state index contributed by atoms with van der Waals surface area (Å²) in [6.45, 7) is 0. The first kappa shape index (κ1) is 16.6. The van der Waals surface area contributed by atoms with Gasteiger partial charge in [0.05, 0.1) is 12.5 Å². The molecule has 0 saturated heterocycles. The fourth-order valence-corrected chi connectivity index (χ4v) is 3.92. The standard InChI is InChI=1S/C22H22N2O2/c1-24(20-12-6-9-15-7-2-4-10-18(15)20)21(25)14-17-13-16-8-3-5-11-19(16)23-22(17)26/h2-5,7-8,10-11,13,20H,6,9,12,14H2,1H3,(H,23,26). The summed E-state index contributed by atoms with van der Waals surface area (Å²) in [6, 6.07) is 17.9. The van der Waals surface area contributed by atoms with Crippen LogP contribution in [0.3, 0.4) is 0 Å². The summed E-state index contributed by atoms with van der Waals surface area (Å²) >= 11 is 0. The van der Waals surface area contributed by atoms with E-state index in [4.69, 9.17) is 0 Å². The smallest absolute Gasteiger partial charge is 0.252 e. The molecule has 0 bridgehead atoms. The van der Waals surface area contributed by atoms with Crippen LogP contribution in [0.5, 0.6) is 0 Å². The zero-order chi connectivity index (χ0) is 18.1. The lowest BCUT2D eigenvalue weighted by Crippen LogP contribution is -2.35. The maximum Gasteiger partial charge on any atom is 0.252 e. The summed E-state index contributed by atoms with van der Waals surface area (Å²) in [4.78, 5) is 29.9. The van der Waals surface area contributed by atoms with E-state index in [0.717, 1.165) is 30.2 Å². The summed E-state index contributed by atoms with van der Waals surface area (Å²) in [5.41, 5.74) is 3.69. The lowest BCUT2D eigenvalue weighted by Gasteiger charge is -2.33. The van der Waals surface area contributed by atoms with E-state index in [1.54, 1.807) is 0 Å². The summed E-state index contributed by atoms with van der Waals surface area (Å²) in [5, 5.41) is 0.945. The molecule has 132 valence electrons. The van der Waals surface area contributed by atoms with E-state index in [9.17, 15) is 9.59 Å². The largest absolute Gasteiger partial charge is 0.338 e. The van der Waals surface area contributed by atoms with Gasteiger partial charge >= 0.3 is 0 Å². The average molecular weight is 346 g/mol. The van der Waals surface area contributed by atoms with E-state index in [2.05, 4.69) is 23.2 Å². The first-order valence-corrected chi connectivity index (χ1v) is 9.08. The van der Waals surface area contributed by atoms with Crippen molar-refractivity contribution in [2.45, 2.75) is 31.7 Å². The maximum absolute atomic E-state index is 12.9. The monoisotopic (exact) mass is 346 g/mol. The molecule has 1 amide bonds. The molecule has 26 heavy (non-hydrogen) atoms. The quantitative estimate of drug-likeness (QED) is 0.788. The van der Waals surface area contributed by atoms with Crippen molar-refractivity contribution in [2.75, 3.05) is 7.05 Å². The Morgan fingerprint density at radius 2 is 1.92 bits per heavy atom. The topological polar surface area (TPSA) is 53.2 Å². The van der Waals surface area contributed by atoms with Gasteiger partial charge in [0.25, 0.3) is 5.56 Å². The Balaban J connectivity index is 1.59. The average Bonchev–Trinajstić information content (AvgIpc) is 2.67. The van der Waals surface area contributed by atoms with Gasteiger partial charge in [-0.25, -0.2) is 0 Å². The Hall–Kier alpha value is -2.88. The number of fused-ring (bicyclic) bond motifs is 2. The molecule has 0 radical (unpaired) electrons. The number of aromatic amines is 1. The molecular weight excluding hydrogens is 324 g/mol. The minimum Gasteiger partial charge on any atom is -0.338 e. The van der Waals surface area contributed by atoms with Crippen LogP contribution in [0.15, 0.2) is 59.4 Å². The van der Waals surface area contributed by atoms with Crippen LogP contribution in [0, 0.1) is 0 Å². The summed E-state index contributed by atoms with van der Waals surface area (Å²) in [6.07, 6.45) is 3.23. The third-order valence-electron chi connectivity index (χ3n) is 5.37. The van der Waals surface area contributed by atoms with Crippen LogP contribution >= 0.6 is 0 Å². The van der Waals surface area contributed by atoms with Crippen molar-refractivity contribution in [3.63, 3.8) is 0 Å². The number of nitrogens with one attached hydrogen (secondary N) is 1. The lowest BCUT2D eigenvalue weighted by atomic mass is 9.87. The Labute approximate surface area is 152 Å². The Morgan fingerprint density at radius 1 is 1.15 bits per heavy atom. The predicted molar refractivity (Wildman–Crippen MR) is 103 cm³/mol. The highest BCUT2D eigenvalue weighted by Crippen LogP contribution is 2.33. The number of likely N-dealkylation sites (N-methyl/N-ethyl adjacent to an activating group) is 1. The van der Waals surface area contributed by atoms with Crippen LogP contribution in [-0.4, -0.2) is 22.8 Å². The third-order valence-corrected chi connectivity index (χ3v) is 5.37. The van der Waals surface area contributed by atoms with Gasteiger partial charge in [-0.3, -0.25) is 9.59 Å². The number of nitrogens with zero attached hydrogens (tertiary/aromatic N) is 1. The molecule has 1 N–H and O–H groups in total. The van der Waals surface area contributed by atoms with E-state index in [1.807, 2.05) is 48.3 Å². The van der Waals surface area contributed by atoms with Crippen LogP contribution in [0.25, 0.3) is 10.9 Å². The predicted octanol–water partition coefficient (Wildman–Crippen LogP) is 3.61. The SMILES string of the molecule is CN(C(=O)Cc1cc2ccccc2[nH]c1=O)C1CCCc2ccccc21. The number of carbonyl (C=O) groups excluding carboxylic acids is 1. The van der Waals surface area contributed by atoms with Crippen LogP contribution in [0.2, 0.25) is 0 Å². The second-order valence-electron chi connectivity index (χ2n) is 7.00. The number of H-pyrrole nitrogens is 1. The number of amides is 1. The summed E-state index contributed by atoms with van der Waals surface area (Å²) in [5.74, 6) is -0.0208. The van der Waals surface area contributed by atoms with Crippen LogP contribution < -0.4 is 5.56 Å². The molecule has 4 nitrogen and oxygen atoms in total. The van der Waals surface area contributed by atoms with Gasteiger partial charge in [-0.05, 0) is 47.9 Å². The number of rotatable bonds is 3. The Bertz CT molecular complexity index is 1020. The van der Waals surface area contributed by atoms with E-state index >= 15 is 0 Å². The fourth-order valence-electron chi connectivity index (χ4n) is 3.92. The van der Waals surface area contributed by atoms with Crippen molar-refractivity contribution in [3.8, 4) is 0 Å². The van der Waals surface area contributed by atoms with Crippen LogP contribution in [-0.2, 0) is 17.6 Å². The second-order valence-corrected chi connectivity index (χ2v) is 7.00. The first-order valence-electron chi connectivity index (χ1n) is 9.08. The number of pyridine rings is 1. The number of hydrogen-bond donors (Lipinski definition) is 1. The van der Waals surface area contributed by atoms with Gasteiger partial charge in [0.1, 0.15) is 0 Å². The maximum atomic E-state index is 12.9. The molecule has 4 rings (SSSR count). The van der Waals surface area contributed by atoms with Gasteiger partial charge < -0.3 is 9.88 Å². The highest BCUT2D eigenvalue weighted by molar-refractivity contribution is 5.82. The molecule has 2 aromatic carbocycles. The fraction of sp³-hybridized carbons (Fsp3) is 0.273. The number of aromatic nitrogens is 1. The summed E-state index contributed by atoms with van der Waals surface area (Å²) in [7, 11) is 1.85. The molecule has 1 unspecified atom stereocenters. The number of hydrogen-bond acceptors (Lipinski definition) is 2. The van der Waals surface area contributed by atoms with E-state index < -0.39 is 0 Å². The van der Waals surface area contributed by atoms with Gasteiger partial charge in [-0.1, -0.05) is 42.5 Å². The molecule has 1 aliphatic rings. The highest BCUT2D eigenvalue weighted by atomic mass is 16.2. The van der Waals surface area contributed by atoms with Crippen molar-refractivity contribution in [3.05, 3.63) is 81.6 Å². The molecule has 0 fully saturated rings. The molecule has 1 atom stereocenters. The number of benzene rings is 2. The van der Waals surface area contributed by atoms with Gasteiger partial charge in [-0.2, -0.15) is 0 Å². The van der Waals surface area contributed by atoms with Crippen molar-refractivity contribution in [1.82, 2.24) is 9.88 Å².